The molecule has 1 aliphatic carbocycles. The second kappa shape index (κ2) is 5.71. The molecule has 0 N–H and O–H groups in total. The van der Waals surface area contributed by atoms with Gasteiger partial charge in [0.25, 0.3) is 0 Å². The molecule has 3 nitrogen and oxygen atoms in total. The Morgan fingerprint density at radius 2 is 1.89 bits per heavy atom. The van der Waals surface area contributed by atoms with E-state index in [1.807, 2.05) is 0 Å². The average Bonchev–Trinajstić information content (AvgIpc) is 2.77. The fraction of sp³-hybridized carbons (Fsp3) is 1.00. The van der Waals surface area contributed by atoms with Gasteiger partial charge in [0.15, 0.2) is 5.79 Å². The Hall–Kier alpha value is -0.120. The quantitative estimate of drug-likeness (QED) is 0.767. The molecule has 2 atom stereocenters. The van der Waals surface area contributed by atoms with E-state index in [9.17, 15) is 0 Å². The van der Waals surface area contributed by atoms with Crippen molar-refractivity contribution in [3.63, 3.8) is 0 Å². The predicted octanol–water partition coefficient (Wildman–Crippen LogP) is 3.04. The van der Waals surface area contributed by atoms with Crippen molar-refractivity contribution in [2.75, 3.05) is 26.2 Å². The Balaban J connectivity index is 1.49. The van der Waals surface area contributed by atoms with Crippen molar-refractivity contribution in [3.05, 3.63) is 0 Å². The van der Waals surface area contributed by atoms with Crippen LogP contribution in [0.25, 0.3) is 0 Å². The lowest BCUT2D eigenvalue weighted by atomic mass is 9.86. The Morgan fingerprint density at radius 1 is 1.11 bits per heavy atom. The molecule has 2 heterocycles. The SMILES string of the molecule is CC1CCC2(CC1)OCC(CN1CCCC(C)C1)O2. The zero-order chi connectivity index (χ0) is 13.3. The number of likely N-dealkylation sites (tertiary alicyclic amines) is 1. The minimum Gasteiger partial charge on any atom is -0.347 e. The van der Waals surface area contributed by atoms with Crippen LogP contribution in [0.5, 0.6) is 0 Å². The number of ether oxygens (including phenoxy) is 2. The topological polar surface area (TPSA) is 21.7 Å². The first-order valence-electron chi connectivity index (χ1n) is 8.19. The number of hydrogen-bond donors (Lipinski definition) is 0. The van der Waals surface area contributed by atoms with Crippen LogP contribution >= 0.6 is 0 Å². The summed E-state index contributed by atoms with van der Waals surface area (Å²) in [4.78, 5) is 2.58. The van der Waals surface area contributed by atoms with Crippen LogP contribution in [0.2, 0.25) is 0 Å². The summed E-state index contributed by atoms with van der Waals surface area (Å²) >= 11 is 0. The summed E-state index contributed by atoms with van der Waals surface area (Å²) in [5.41, 5.74) is 0. The van der Waals surface area contributed by atoms with Crippen molar-refractivity contribution in [3.8, 4) is 0 Å². The Bertz CT molecular complexity index is 299. The zero-order valence-electron chi connectivity index (χ0n) is 12.6. The van der Waals surface area contributed by atoms with E-state index < -0.39 is 0 Å². The number of hydrogen-bond acceptors (Lipinski definition) is 3. The summed E-state index contributed by atoms with van der Waals surface area (Å²) in [6.07, 6.45) is 7.75. The maximum absolute atomic E-state index is 6.31. The lowest BCUT2D eigenvalue weighted by molar-refractivity contribution is -0.193. The lowest BCUT2D eigenvalue weighted by Gasteiger charge is -2.36. The van der Waals surface area contributed by atoms with Crippen LogP contribution in [0, 0.1) is 11.8 Å². The van der Waals surface area contributed by atoms with Gasteiger partial charge in [0.1, 0.15) is 0 Å². The second-order valence-corrected chi connectivity index (χ2v) is 7.15. The van der Waals surface area contributed by atoms with Gasteiger partial charge in [-0.1, -0.05) is 13.8 Å². The summed E-state index contributed by atoms with van der Waals surface area (Å²) in [7, 11) is 0. The fourth-order valence-corrected chi connectivity index (χ4v) is 3.91. The average molecular weight is 267 g/mol. The monoisotopic (exact) mass is 267 g/mol. The highest BCUT2D eigenvalue weighted by atomic mass is 16.7. The van der Waals surface area contributed by atoms with E-state index >= 15 is 0 Å². The first kappa shape index (κ1) is 13.8. The van der Waals surface area contributed by atoms with E-state index in [-0.39, 0.29) is 5.79 Å². The summed E-state index contributed by atoms with van der Waals surface area (Å²) in [5.74, 6) is 1.49. The van der Waals surface area contributed by atoms with Gasteiger partial charge in [0, 0.05) is 25.9 Å². The first-order valence-corrected chi connectivity index (χ1v) is 8.19. The smallest absolute Gasteiger partial charge is 0.168 e. The molecule has 2 aliphatic heterocycles. The molecule has 19 heavy (non-hydrogen) atoms. The predicted molar refractivity (Wildman–Crippen MR) is 76.0 cm³/mol. The first-order chi connectivity index (χ1) is 9.15. The summed E-state index contributed by atoms with van der Waals surface area (Å²) in [5, 5.41) is 0. The third kappa shape index (κ3) is 3.32. The van der Waals surface area contributed by atoms with E-state index in [4.69, 9.17) is 9.47 Å². The third-order valence-corrected chi connectivity index (χ3v) is 5.15. The normalized spacial score (nSPS) is 44.8. The molecule has 0 bridgehead atoms. The molecule has 0 aromatic rings. The van der Waals surface area contributed by atoms with Gasteiger partial charge < -0.3 is 14.4 Å². The van der Waals surface area contributed by atoms with Crippen LogP contribution in [0.15, 0.2) is 0 Å². The van der Waals surface area contributed by atoms with Gasteiger partial charge in [-0.25, -0.2) is 0 Å². The van der Waals surface area contributed by atoms with Gasteiger partial charge in [-0.05, 0) is 44.1 Å². The van der Waals surface area contributed by atoms with E-state index in [1.165, 1.54) is 38.8 Å². The minimum absolute atomic E-state index is 0.210. The van der Waals surface area contributed by atoms with Crippen LogP contribution in [-0.4, -0.2) is 43.0 Å². The standard InChI is InChI=1S/C16H29NO2/c1-13-5-7-16(8-6-13)18-12-15(19-16)11-17-9-3-4-14(2)10-17/h13-15H,3-12H2,1-2H3. The third-order valence-electron chi connectivity index (χ3n) is 5.15. The zero-order valence-corrected chi connectivity index (χ0v) is 12.6. The summed E-state index contributed by atoms with van der Waals surface area (Å²) < 4.78 is 12.4. The summed E-state index contributed by atoms with van der Waals surface area (Å²) in [6.45, 7) is 9.07. The highest BCUT2D eigenvalue weighted by molar-refractivity contribution is 4.86. The molecule has 0 radical (unpaired) electrons. The molecular weight excluding hydrogens is 238 g/mol. The second-order valence-electron chi connectivity index (χ2n) is 7.15. The van der Waals surface area contributed by atoms with Gasteiger partial charge in [-0.15, -0.1) is 0 Å². The molecule has 0 amide bonds. The van der Waals surface area contributed by atoms with E-state index in [1.54, 1.807) is 0 Å². The highest BCUT2D eigenvalue weighted by Gasteiger charge is 2.43. The minimum atomic E-state index is -0.210. The molecule has 0 aromatic carbocycles. The molecule has 2 unspecified atom stereocenters. The van der Waals surface area contributed by atoms with Crippen molar-refractivity contribution in [1.29, 1.82) is 0 Å². The number of nitrogens with zero attached hydrogens (tertiary/aromatic N) is 1. The van der Waals surface area contributed by atoms with Crippen molar-refractivity contribution in [2.24, 2.45) is 11.8 Å². The molecular formula is C16H29NO2. The largest absolute Gasteiger partial charge is 0.347 e. The fourth-order valence-electron chi connectivity index (χ4n) is 3.91. The van der Waals surface area contributed by atoms with Crippen LogP contribution in [-0.2, 0) is 9.47 Å². The van der Waals surface area contributed by atoms with E-state index in [0.717, 1.165) is 37.8 Å². The number of rotatable bonds is 2. The van der Waals surface area contributed by atoms with Gasteiger partial charge in [-0.3, -0.25) is 0 Å². The highest BCUT2D eigenvalue weighted by Crippen LogP contribution is 2.40. The van der Waals surface area contributed by atoms with Gasteiger partial charge in [0.2, 0.25) is 0 Å². The van der Waals surface area contributed by atoms with Crippen LogP contribution < -0.4 is 0 Å². The van der Waals surface area contributed by atoms with E-state index in [2.05, 4.69) is 18.7 Å². The van der Waals surface area contributed by atoms with Crippen molar-refractivity contribution in [1.82, 2.24) is 4.90 Å². The summed E-state index contributed by atoms with van der Waals surface area (Å²) in [6, 6.07) is 0. The molecule has 3 fully saturated rings. The van der Waals surface area contributed by atoms with Gasteiger partial charge >= 0.3 is 0 Å². The molecule has 110 valence electrons. The van der Waals surface area contributed by atoms with Gasteiger partial charge in [0.05, 0.1) is 12.7 Å². The van der Waals surface area contributed by atoms with Crippen LogP contribution in [0.1, 0.15) is 52.4 Å². The molecule has 0 aromatic heterocycles. The molecule has 3 heteroatoms. The number of piperidine rings is 1. The van der Waals surface area contributed by atoms with Crippen molar-refractivity contribution < 1.29 is 9.47 Å². The van der Waals surface area contributed by atoms with Crippen molar-refractivity contribution >= 4 is 0 Å². The van der Waals surface area contributed by atoms with Crippen LogP contribution in [0.4, 0.5) is 0 Å². The van der Waals surface area contributed by atoms with Gasteiger partial charge in [-0.2, -0.15) is 0 Å². The Kier molecular flexibility index (Phi) is 4.16. The van der Waals surface area contributed by atoms with Crippen molar-refractivity contribution in [2.45, 2.75) is 64.3 Å². The molecule has 3 aliphatic rings. The maximum Gasteiger partial charge on any atom is 0.168 e. The lowest BCUT2D eigenvalue weighted by Crippen LogP contribution is -2.41. The molecule has 2 saturated heterocycles. The van der Waals surface area contributed by atoms with E-state index in [0.29, 0.717) is 6.10 Å². The molecule has 1 spiro atoms. The maximum atomic E-state index is 6.31. The Morgan fingerprint density at radius 3 is 2.63 bits per heavy atom. The Labute approximate surface area is 117 Å². The molecule has 3 rings (SSSR count). The molecule has 1 saturated carbocycles. The van der Waals surface area contributed by atoms with Crippen LogP contribution in [0.3, 0.4) is 0 Å².